The molecule has 5 nitrogen and oxygen atoms in total. The number of hydrogen-bond donors (Lipinski definition) is 1. The molecule has 1 saturated heterocycles. The highest BCUT2D eigenvalue weighted by atomic mass is 19.1. The second kappa shape index (κ2) is 7.56. The fraction of sp³-hybridized carbons (Fsp3) is 0.300. The van der Waals surface area contributed by atoms with Gasteiger partial charge in [0.15, 0.2) is 0 Å². The van der Waals surface area contributed by atoms with Crippen LogP contribution < -0.4 is 5.32 Å². The molecule has 0 aliphatic carbocycles. The third kappa shape index (κ3) is 3.69. The summed E-state index contributed by atoms with van der Waals surface area (Å²) in [7, 11) is 0. The molecule has 1 heterocycles. The Morgan fingerprint density at radius 1 is 1.15 bits per heavy atom. The van der Waals surface area contributed by atoms with Gasteiger partial charge in [-0.1, -0.05) is 42.5 Å². The quantitative estimate of drug-likeness (QED) is 0.902. The lowest BCUT2D eigenvalue weighted by molar-refractivity contribution is -0.125. The topological polar surface area (TPSA) is 58.6 Å². The fourth-order valence-electron chi connectivity index (χ4n) is 3.11. The summed E-state index contributed by atoms with van der Waals surface area (Å²) >= 11 is 0. The minimum atomic E-state index is -1.07. The second-order valence-corrected chi connectivity index (χ2v) is 6.50. The summed E-state index contributed by atoms with van der Waals surface area (Å²) in [5, 5.41) is 2.59. The van der Waals surface area contributed by atoms with Crippen molar-refractivity contribution < 1.29 is 18.7 Å². The van der Waals surface area contributed by atoms with Gasteiger partial charge in [0.2, 0.25) is 5.91 Å². The Labute approximate surface area is 151 Å². The molecular formula is C20H21FN2O3. The maximum Gasteiger partial charge on any atom is 0.410 e. The highest BCUT2D eigenvalue weighted by molar-refractivity contribution is 6.00. The van der Waals surface area contributed by atoms with Crippen LogP contribution in [0.1, 0.15) is 25.3 Å². The molecule has 1 N–H and O–H groups in total. The third-order valence-electron chi connectivity index (χ3n) is 4.68. The molecule has 2 aromatic rings. The Bertz CT molecular complexity index is 797. The smallest absolute Gasteiger partial charge is 0.410 e. The maximum absolute atomic E-state index is 13.8. The SMILES string of the molecule is CC1(C(=O)Nc2ccccc2F)CCCN1C(=O)OCc1ccccc1. The number of benzene rings is 2. The molecule has 136 valence electrons. The summed E-state index contributed by atoms with van der Waals surface area (Å²) in [6.07, 6.45) is 0.632. The predicted octanol–water partition coefficient (Wildman–Crippen LogP) is 3.96. The van der Waals surface area contributed by atoms with Crippen LogP contribution in [0, 0.1) is 5.82 Å². The van der Waals surface area contributed by atoms with Crippen LogP contribution in [0.4, 0.5) is 14.9 Å². The molecule has 0 aromatic heterocycles. The molecule has 2 aromatic carbocycles. The first-order chi connectivity index (χ1) is 12.5. The van der Waals surface area contributed by atoms with E-state index in [1.165, 1.54) is 17.0 Å². The molecule has 1 aliphatic rings. The molecule has 1 unspecified atom stereocenters. The molecule has 2 amide bonds. The van der Waals surface area contributed by atoms with Gasteiger partial charge in [0.05, 0.1) is 5.69 Å². The van der Waals surface area contributed by atoms with Gasteiger partial charge in [0.1, 0.15) is 18.0 Å². The summed E-state index contributed by atoms with van der Waals surface area (Å²) < 4.78 is 19.2. The molecule has 1 atom stereocenters. The standard InChI is InChI=1S/C20H21FN2O3/c1-20(18(24)22-17-11-6-5-10-16(17)21)12-7-13-23(20)19(25)26-14-15-8-3-2-4-9-15/h2-6,8-11H,7,12-14H2,1H3,(H,22,24). The number of para-hydroxylation sites is 1. The largest absolute Gasteiger partial charge is 0.445 e. The molecule has 3 rings (SSSR count). The number of rotatable bonds is 4. The zero-order chi connectivity index (χ0) is 18.6. The molecule has 0 radical (unpaired) electrons. The molecular weight excluding hydrogens is 335 g/mol. The molecule has 1 aliphatic heterocycles. The number of amides is 2. The van der Waals surface area contributed by atoms with E-state index in [1.807, 2.05) is 30.3 Å². The molecule has 6 heteroatoms. The van der Waals surface area contributed by atoms with E-state index in [-0.39, 0.29) is 12.3 Å². The van der Waals surface area contributed by atoms with E-state index in [1.54, 1.807) is 19.1 Å². The summed E-state index contributed by atoms with van der Waals surface area (Å²) in [6.45, 7) is 2.25. The average Bonchev–Trinajstić information content (AvgIpc) is 3.05. The van der Waals surface area contributed by atoms with E-state index >= 15 is 0 Å². The number of ether oxygens (including phenoxy) is 1. The summed E-state index contributed by atoms with van der Waals surface area (Å²) in [5.74, 6) is -0.933. The van der Waals surface area contributed by atoms with Crippen molar-refractivity contribution in [3.05, 3.63) is 66.0 Å². The van der Waals surface area contributed by atoms with E-state index in [9.17, 15) is 14.0 Å². The highest BCUT2D eigenvalue weighted by Crippen LogP contribution is 2.31. The van der Waals surface area contributed by atoms with E-state index in [0.29, 0.717) is 19.4 Å². The summed E-state index contributed by atoms with van der Waals surface area (Å²) in [4.78, 5) is 26.7. The zero-order valence-electron chi connectivity index (χ0n) is 14.6. The lowest BCUT2D eigenvalue weighted by atomic mass is 9.97. The van der Waals surface area contributed by atoms with Gasteiger partial charge in [-0.25, -0.2) is 9.18 Å². The van der Waals surface area contributed by atoms with Crippen molar-refractivity contribution in [1.82, 2.24) is 4.90 Å². The van der Waals surface area contributed by atoms with Crippen LogP contribution in [0.5, 0.6) is 0 Å². The zero-order valence-corrected chi connectivity index (χ0v) is 14.6. The summed E-state index contributed by atoms with van der Waals surface area (Å²) in [6, 6.07) is 15.3. The van der Waals surface area contributed by atoms with E-state index in [2.05, 4.69) is 5.32 Å². The number of nitrogens with one attached hydrogen (secondary N) is 1. The van der Waals surface area contributed by atoms with E-state index in [4.69, 9.17) is 4.74 Å². The van der Waals surface area contributed by atoms with Gasteiger partial charge in [-0.3, -0.25) is 9.69 Å². The number of carbonyl (C=O) groups is 2. The van der Waals surface area contributed by atoms with Gasteiger partial charge in [-0.15, -0.1) is 0 Å². The number of likely N-dealkylation sites (tertiary alicyclic amines) is 1. The van der Waals surface area contributed by atoms with Crippen LogP contribution in [0.25, 0.3) is 0 Å². The maximum atomic E-state index is 13.8. The van der Waals surface area contributed by atoms with Crippen LogP contribution in [-0.2, 0) is 16.1 Å². The normalized spacial score (nSPS) is 19.2. The van der Waals surface area contributed by atoms with Crippen LogP contribution in [-0.4, -0.2) is 29.0 Å². The van der Waals surface area contributed by atoms with Crippen molar-refractivity contribution in [3.8, 4) is 0 Å². The van der Waals surface area contributed by atoms with Crippen molar-refractivity contribution in [2.75, 3.05) is 11.9 Å². The number of anilines is 1. The first kappa shape index (κ1) is 17.9. The Kier molecular flexibility index (Phi) is 5.21. The Morgan fingerprint density at radius 3 is 2.58 bits per heavy atom. The van der Waals surface area contributed by atoms with Crippen molar-refractivity contribution in [3.63, 3.8) is 0 Å². The Hall–Kier alpha value is -2.89. The first-order valence-corrected chi connectivity index (χ1v) is 8.55. The van der Waals surface area contributed by atoms with Crippen molar-refractivity contribution >= 4 is 17.7 Å². The monoisotopic (exact) mass is 356 g/mol. The van der Waals surface area contributed by atoms with Gasteiger partial charge in [0.25, 0.3) is 0 Å². The second-order valence-electron chi connectivity index (χ2n) is 6.50. The number of hydrogen-bond acceptors (Lipinski definition) is 3. The molecule has 26 heavy (non-hydrogen) atoms. The van der Waals surface area contributed by atoms with Crippen LogP contribution in [0.15, 0.2) is 54.6 Å². The van der Waals surface area contributed by atoms with Crippen LogP contribution >= 0.6 is 0 Å². The van der Waals surface area contributed by atoms with Crippen molar-refractivity contribution in [1.29, 1.82) is 0 Å². The van der Waals surface area contributed by atoms with E-state index < -0.39 is 23.4 Å². The average molecular weight is 356 g/mol. The Morgan fingerprint density at radius 2 is 1.85 bits per heavy atom. The van der Waals surface area contributed by atoms with Crippen LogP contribution in [0.3, 0.4) is 0 Å². The van der Waals surface area contributed by atoms with Gasteiger partial charge >= 0.3 is 6.09 Å². The predicted molar refractivity (Wildman–Crippen MR) is 96.0 cm³/mol. The number of carbonyl (C=O) groups excluding carboxylic acids is 2. The number of nitrogens with zero attached hydrogens (tertiary/aromatic N) is 1. The van der Waals surface area contributed by atoms with Gasteiger partial charge < -0.3 is 10.1 Å². The third-order valence-corrected chi connectivity index (χ3v) is 4.68. The lowest BCUT2D eigenvalue weighted by Crippen LogP contribution is -2.53. The Balaban J connectivity index is 1.68. The molecule has 0 spiro atoms. The van der Waals surface area contributed by atoms with E-state index in [0.717, 1.165) is 5.56 Å². The lowest BCUT2D eigenvalue weighted by Gasteiger charge is -2.33. The molecule has 1 fully saturated rings. The van der Waals surface area contributed by atoms with Crippen molar-refractivity contribution in [2.24, 2.45) is 0 Å². The van der Waals surface area contributed by atoms with Gasteiger partial charge in [-0.2, -0.15) is 0 Å². The van der Waals surface area contributed by atoms with Gasteiger partial charge in [-0.05, 0) is 37.5 Å². The van der Waals surface area contributed by atoms with Crippen molar-refractivity contribution in [2.45, 2.75) is 31.9 Å². The summed E-state index contributed by atoms with van der Waals surface area (Å²) in [5.41, 5.74) is -0.100. The molecule has 0 saturated carbocycles. The highest BCUT2D eigenvalue weighted by Gasteiger charge is 2.46. The van der Waals surface area contributed by atoms with Gasteiger partial charge in [0, 0.05) is 6.54 Å². The first-order valence-electron chi connectivity index (χ1n) is 8.55. The fourth-order valence-corrected chi connectivity index (χ4v) is 3.11. The van der Waals surface area contributed by atoms with Crippen LogP contribution in [0.2, 0.25) is 0 Å². The number of halogens is 1. The minimum Gasteiger partial charge on any atom is -0.445 e. The molecule has 0 bridgehead atoms. The minimum absolute atomic E-state index is 0.100.